The summed E-state index contributed by atoms with van der Waals surface area (Å²) in [6, 6.07) is 0. The molecule has 0 radical (unpaired) electrons. The van der Waals surface area contributed by atoms with Crippen LogP contribution in [0.25, 0.3) is 0 Å². The normalized spacial score (nSPS) is 26.9. The molecule has 16 heavy (non-hydrogen) atoms. The van der Waals surface area contributed by atoms with Crippen molar-refractivity contribution in [2.24, 2.45) is 0 Å². The van der Waals surface area contributed by atoms with E-state index in [1.54, 1.807) is 7.11 Å². The van der Waals surface area contributed by atoms with Crippen molar-refractivity contribution in [2.75, 3.05) is 19.5 Å². The molecule has 0 aromatic carbocycles. The lowest BCUT2D eigenvalue weighted by Crippen LogP contribution is -2.26. The number of halogens is 1. The molecule has 4 nitrogen and oxygen atoms in total. The van der Waals surface area contributed by atoms with Crippen LogP contribution in [0.2, 0.25) is 0 Å². The van der Waals surface area contributed by atoms with Crippen LogP contribution < -0.4 is 0 Å². The second-order valence-electron chi connectivity index (χ2n) is 4.10. The fourth-order valence-corrected chi connectivity index (χ4v) is 2.71. The summed E-state index contributed by atoms with van der Waals surface area (Å²) in [5, 5.41) is 0. The smallest absolute Gasteiger partial charge is 0.232 e. The Balaban J connectivity index is 2.07. The van der Waals surface area contributed by atoms with Gasteiger partial charge in [0.2, 0.25) is 9.05 Å². The summed E-state index contributed by atoms with van der Waals surface area (Å²) in [6.45, 7) is 0.467. The molecule has 0 N–H and O–H groups in total. The van der Waals surface area contributed by atoms with Gasteiger partial charge in [-0.1, -0.05) is 0 Å². The minimum absolute atomic E-state index is 0.0119. The van der Waals surface area contributed by atoms with Crippen LogP contribution in [0, 0.1) is 0 Å². The summed E-state index contributed by atoms with van der Waals surface area (Å²) < 4.78 is 32.2. The minimum Gasteiger partial charge on any atom is -0.381 e. The first-order chi connectivity index (χ1) is 7.51. The maximum atomic E-state index is 10.7. The van der Waals surface area contributed by atoms with E-state index in [-0.39, 0.29) is 11.9 Å². The number of hydrogen-bond donors (Lipinski definition) is 0. The van der Waals surface area contributed by atoms with Crippen molar-refractivity contribution in [3.05, 3.63) is 0 Å². The molecule has 0 aromatic rings. The Hall–Kier alpha value is 0.160. The minimum atomic E-state index is -3.37. The Morgan fingerprint density at radius 3 is 2.25 bits per heavy atom. The van der Waals surface area contributed by atoms with Crippen molar-refractivity contribution in [1.29, 1.82) is 0 Å². The average Bonchev–Trinajstić information content (AvgIpc) is 2.24. The summed E-state index contributed by atoms with van der Waals surface area (Å²) >= 11 is 0. The molecule has 0 aliphatic heterocycles. The standard InChI is InChI=1S/C10H19ClO4S/c1-14-9-3-5-10(6-4-9)15-7-2-8-16(11,12)13/h9-10H,2-8H2,1H3. The third kappa shape index (κ3) is 6.03. The highest BCUT2D eigenvalue weighted by Gasteiger charge is 2.21. The quantitative estimate of drug-likeness (QED) is 0.547. The largest absolute Gasteiger partial charge is 0.381 e. The molecular weight excluding hydrogens is 252 g/mol. The molecule has 96 valence electrons. The molecule has 1 fully saturated rings. The van der Waals surface area contributed by atoms with E-state index >= 15 is 0 Å². The molecule has 0 saturated heterocycles. The average molecular weight is 271 g/mol. The van der Waals surface area contributed by atoms with Crippen LogP contribution in [-0.4, -0.2) is 40.1 Å². The molecule has 0 amide bonds. The number of hydrogen-bond acceptors (Lipinski definition) is 4. The van der Waals surface area contributed by atoms with Crippen LogP contribution in [0.3, 0.4) is 0 Å². The van der Waals surface area contributed by atoms with E-state index in [1.165, 1.54) is 0 Å². The number of methoxy groups -OCH3 is 1. The molecule has 0 atom stereocenters. The monoisotopic (exact) mass is 270 g/mol. The second-order valence-corrected chi connectivity index (χ2v) is 7.00. The van der Waals surface area contributed by atoms with Crippen LogP contribution >= 0.6 is 10.7 Å². The topological polar surface area (TPSA) is 52.6 Å². The highest BCUT2D eigenvalue weighted by Crippen LogP contribution is 2.23. The van der Waals surface area contributed by atoms with E-state index in [0.29, 0.717) is 19.1 Å². The Morgan fingerprint density at radius 1 is 1.19 bits per heavy atom. The van der Waals surface area contributed by atoms with Gasteiger partial charge in [0, 0.05) is 24.4 Å². The lowest BCUT2D eigenvalue weighted by molar-refractivity contribution is -0.0158. The summed E-state index contributed by atoms with van der Waals surface area (Å²) in [7, 11) is 3.46. The van der Waals surface area contributed by atoms with E-state index in [4.69, 9.17) is 20.2 Å². The highest BCUT2D eigenvalue weighted by atomic mass is 35.7. The van der Waals surface area contributed by atoms with Crippen molar-refractivity contribution in [2.45, 2.75) is 44.3 Å². The maximum Gasteiger partial charge on any atom is 0.232 e. The third-order valence-corrected chi connectivity index (χ3v) is 4.08. The molecule has 1 aliphatic carbocycles. The molecule has 1 rings (SSSR count). The van der Waals surface area contributed by atoms with Gasteiger partial charge in [-0.15, -0.1) is 0 Å². The van der Waals surface area contributed by atoms with Crippen LogP contribution in [0.5, 0.6) is 0 Å². The van der Waals surface area contributed by atoms with Crippen LogP contribution in [0.15, 0.2) is 0 Å². The molecule has 0 bridgehead atoms. The third-order valence-electron chi connectivity index (χ3n) is 2.84. The lowest BCUT2D eigenvalue weighted by atomic mass is 9.95. The molecule has 1 saturated carbocycles. The number of rotatable bonds is 6. The van der Waals surface area contributed by atoms with Gasteiger partial charge in [0.1, 0.15) is 0 Å². The summed E-state index contributed by atoms with van der Waals surface area (Å²) in [4.78, 5) is 0. The first-order valence-electron chi connectivity index (χ1n) is 5.58. The van der Waals surface area contributed by atoms with E-state index in [1.807, 2.05) is 0 Å². The van der Waals surface area contributed by atoms with Gasteiger partial charge in [0.15, 0.2) is 0 Å². The summed E-state index contributed by atoms with van der Waals surface area (Å²) in [5.41, 5.74) is 0. The number of ether oxygens (including phenoxy) is 2. The van der Waals surface area contributed by atoms with Crippen LogP contribution in [-0.2, 0) is 18.5 Å². The Morgan fingerprint density at radius 2 is 1.75 bits per heavy atom. The van der Waals surface area contributed by atoms with Crippen LogP contribution in [0.4, 0.5) is 0 Å². The van der Waals surface area contributed by atoms with E-state index in [0.717, 1.165) is 25.7 Å². The predicted molar refractivity (Wildman–Crippen MR) is 63.3 cm³/mol. The molecule has 0 spiro atoms. The molecule has 1 aliphatic rings. The first kappa shape index (κ1) is 14.2. The van der Waals surface area contributed by atoms with Crippen molar-refractivity contribution in [3.8, 4) is 0 Å². The fraction of sp³-hybridized carbons (Fsp3) is 1.00. The summed E-state index contributed by atoms with van der Waals surface area (Å²) in [6.07, 6.45) is 5.12. The van der Waals surface area contributed by atoms with Gasteiger partial charge >= 0.3 is 0 Å². The van der Waals surface area contributed by atoms with Crippen molar-refractivity contribution in [3.63, 3.8) is 0 Å². The molecular formula is C10H19ClO4S. The van der Waals surface area contributed by atoms with Crippen molar-refractivity contribution in [1.82, 2.24) is 0 Å². The fourth-order valence-electron chi connectivity index (χ4n) is 1.92. The lowest BCUT2D eigenvalue weighted by Gasteiger charge is -2.27. The first-order valence-corrected chi connectivity index (χ1v) is 8.06. The van der Waals surface area contributed by atoms with Crippen LogP contribution in [0.1, 0.15) is 32.1 Å². The van der Waals surface area contributed by atoms with Crippen molar-refractivity contribution < 1.29 is 17.9 Å². The van der Waals surface area contributed by atoms with Crippen molar-refractivity contribution >= 4 is 19.7 Å². The van der Waals surface area contributed by atoms with E-state index in [2.05, 4.69) is 0 Å². The maximum absolute atomic E-state index is 10.7. The Kier molecular flexibility index (Phi) is 6.03. The molecule has 6 heteroatoms. The summed E-state index contributed by atoms with van der Waals surface area (Å²) in [5.74, 6) is -0.0119. The molecule has 0 aromatic heterocycles. The Labute approximate surface area is 102 Å². The van der Waals surface area contributed by atoms with E-state index in [9.17, 15) is 8.42 Å². The molecule has 0 heterocycles. The van der Waals surface area contributed by atoms with Gasteiger partial charge in [-0.3, -0.25) is 0 Å². The van der Waals surface area contributed by atoms with Gasteiger partial charge < -0.3 is 9.47 Å². The second kappa shape index (κ2) is 6.79. The van der Waals surface area contributed by atoms with Gasteiger partial charge in [-0.05, 0) is 32.1 Å². The highest BCUT2D eigenvalue weighted by molar-refractivity contribution is 8.13. The SMILES string of the molecule is COC1CCC(OCCCS(=O)(=O)Cl)CC1. The van der Waals surface area contributed by atoms with E-state index < -0.39 is 9.05 Å². The van der Waals surface area contributed by atoms with Gasteiger partial charge in [-0.25, -0.2) is 8.42 Å². The zero-order chi connectivity index (χ0) is 12.0. The Bertz CT molecular complexity index is 283. The van der Waals surface area contributed by atoms with Gasteiger partial charge in [0.25, 0.3) is 0 Å². The predicted octanol–water partition coefficient (Wildman–Crippen LogP) is 1.92. The van der Waals surface area contributed by atoms with Gasteiger partial charge in [-0.2, -0.15) is 0 Å². The zero-order valence-electron chi connectivity index (χ0n) is 9.52. The molecule has 0 unspecified atom stereocenters. The van der Waals surface area contributed by atoms with Gasteiger partial charge in [0.05, 0.1) is 18.0 Å². The zero-order valence-corrected chi connectivity index (χ0v) is 11.1.